The molecule has 0 saturated heterocycles. The Morgan fingerprint density at radius 1 is 0.492 bits per heavy atom. The molecule has 0 saturated carbocycles. The van der Waals surface area contributed by atoms with E-state index in [0.717, 1.165) is 73.2 Å². The number of para-hydroxylation sites is 2. The Morgan fingerprint density at radius 3 is 1.98 bits per heavy atom. The second-order valence-electron chi connectivity index (χ2n) is 16.1. The fraction of sp³-hybridized carbons (Fsp3) is 0.0526. The van der Waals surface area contributed by atoms with Gasteiger partial charge in [-0.05, 0) is 81.1 Å². The number of rotatable bonds is 5. The minimum Gasteiger partial charge on any atom is -0.454 e. The molecule has 1 atom stereocenters. The van der Waals surface area contributed by atoms with Crippen molar-refractivity contribution in [1.29, 1.82) is 0 Å². The Hall–Kier alpha value is -7.82. The van der Waals surface area contributed by atoms with E-state index in [1.807, 2.05) is 6.07 Å². The van der Waals surface area contributed by atoms with Crippen LogP contribution in [0.3, 0.4) is 0 Å². The Kier molecular flexibility index (Phi) is 8.17. The third-order valence-electron chi connectivity index (χ3n) is 12.5. The molecule has 4 heteroatoms. The van der Waals surface area contributed by atoms with E-state index in [0.29, 0.717) is 5.84 Å². The summed E-state index contributed by atoms with van der Waals surface area (Å²) in [5, 5.41) is 9.22. The Labute approximate surface area is 353 Å². The van der Waals surface area contributed by atoms with Crippen LogP contribution in [-0.4, -0.2) is 16.1 Å². The molecular formula is C57H39N3O. The van der Waals surface area contributed by atoms with Gasteiger partial charge in [-0.2, -0.15) is 0 Å². The van der Waals surface area contributed by atoms with E-state index >= 15 is 0 Å². The molecule has 1 aliphatic rings. The molecule has 11 aromatic rings. The van der Waals surface area contributed by atoms with Crippen molar-refractivity contribution in [2.24, 2.45) is 15.9 Å². The lowest BCUT2D eigenvalue weighted by atomic mass is 9.90. The van der Waals surface area contributed by atoms with Gasteiger partial charge in [0, 0.05) is 38.6 Å². The monoisotopic (exact) mass is 781 g/mol. The van der Waals surface area contributed by atoms with Crippen LogP contribution in [0.1, 0.15) is 30.0 Å². The van der Waals surface area contributed by atoms with E-state index in [4.69, 9.17) is 14.4 Å². The molecule has 0 radical (unpaired) electrons. The lowest BCUT2D eigenvalue weighted by Gasteiger charge is -2.20. The Balaban J connectivity index is 1.13. The van der Waals surface area contributed by atoms with E-state index in [-0.39, 0.29) is 5.92 Å². The van der Waals surface area contributed by atoms with Crippen LogP contribution in [0.5, 0.6) is 0 Å². The molecular weight excluding hydrogens is 743 g/mol. The predicted octanol–water partition coefficient (Wildman–Crippen LogP) is 15.0. The molecule has 1 aliphatic heterocycles. The quantitative estimate of drug-likeness (QED) is 0.171. The first-order chi connectivity index (χ1) is 30.2. The highest BCUT2D eigenvalue weighted by molar-refractivity contribution is 6.25. The van der Waals surface area contributed by atoms with Gasteiger partial charge in [0.25, 0.3) is 0 Å². The summed E-state index contributed by atoms with van der Waals surface area (Å²) in [4.78, 5) is 11.3. The van der Waals surface area contributed by atoms with Crippen LogP contribution >= 0.6 is 0 Å². The zero-order valence-corrected chi connectivity index (χ0v) is 33.6. The molecule has 0 bridgehead atoms. The second kappa shape index (κ2) is 14.2. The van der Waals surface area contributed by atoms with E-state index in [1.54, 1.807) is 0 Å². The molecule has 9 aromatic carbocycles. The van der Waals surface area contributed by atoms with Crippen LogP contribution in [0.25, 0.3) is 87.8 Å². The molecule has 4 nitrogen and oxygen atoms in total. The van der Waals surface area contributed by atoms with E-state index in [1.165, 1.54) is 43.4 Å². The minimum atomic E-state index is 0.109. The number of hydrogen-bond acceptors (Lipinski definition) is 3. The Bertz CT molecular complexity index is 3620. The molecule has 0 fully saturated rings. The normalized spacial score (nSPS) is 17.3. The van der Waals surface area contributed by atoms with E-state index < -0.39 is 0 Å². The third-order valence-corrected chi connectivity index (χ3v) is 12.5. The number of amidine groups is 1. The number of aromatic nitrogens is 1. The van der Waals surface area contributed by atoms with Crippen LogP contribution in [0, 0.1) is 5.92 Å². The molecule has 12 rings (SSSR count). The van der Waals surface area contributed by atoms with Crippen molar-refractivity contribution >= 4 is 82.5 Å². The van der Waals surface area contributed by atoms with Crippen molar-refractivity contribution < 1.29 is 4.42 Å². The SMILES string of the molecule is CC1C/C=C(c2ccc(-c3ccccc3)cc2)/N=C(c2ccc(-n3c4ccccc4c4cc5ccccc5cc43)c3oc4ccccc4c23)\N=C/1c1cccc2ccccc12. The maximum Gasteiger partial charge on any atom is 0.160 e. The van der Waals surface area contributed by atoms with Gasteiger partial charge in [-0.1, -0.05) is 171 Å². The second-order valence-corrected chi connectivity index (χ2v) is 16.1. The average molecular weight is 782 g/mol. The number of benzene rings is 9. The number of nitrogens with zero attached hydrogens (tertiary/aromatic N) is 3. The summed E-state index contributed by atoms with van der Waals surface area (Å²) in [6.45, 7) is 2.29. The summed E-state index contributed by atoms with van der Waals surface area (Å²) in [7, 11) is 0. The molecule has 61 heavy (non-hydrogen) atoms. The van der Waals surface area contributed by atoms with Crippen LogP contribution in [-0.2, 0) is 0 Å². The molecule has 0 aliphatic carbocycles. The summed E-state index contributed by atoms with van der Waals surface area (Å²) in [5.74, 6) is 0.766. The first kappa shape index (κ1) is 35.2. The van der Waals surface area contributed by atoms with Crippen molar-refractivity contribution in [3.63, 3.8) is 0 Å². The molecule has 0 spiro atoms. The highest BCUT2D eigenvalue weighted by atomic mass is 16.3. The van der Waals surface area contributed by atoms with Crippen LogP contribution in [0.2, 0.25) is 0 Å². The zero-order chi connectivity index (χ0) is 40.4. The predicted molar refractivity (Wildman–Crippen MR) is 256 cm³/mol. The maximum atomic E-state index is 7.00. The number of hydrogen-bond donors (Lipinski definition) is 0. The van der Waals surface area contributed by atoms with Gasteiger partial charge in [0.15, 0.2) is 11.4 Å². The van der Waals surface area contributed by atoms with Crippen molar-refractivity contribution in [2.45, 2.75) is 13.3 Å². The lowest BCUT2D eigenvalue weighted by Crippen LogP contribution is -2.17. The maximum absolute atomic E-state index is 7.00. The van der Waals surface area contributed by atoms with Crippen molar-refractivity contribution in [2.75, 3.05) is 0 Å². The van der Waals surface area contributed by atoms with Crippen molar-refractivity contribution in [3.8, 4) is 16.8 Å². The first-order valence-corrected chi connectivity index (χ1v) is 21.0. The largest absolute Gasteiger partial charge is 0.454 e. The molecule has 3 heterocycles. The summed E-state index contributed by atoms with van der Waals surface area (Å²) in [6, 6.07) is 69.1. The summed E-state index contributed by atoms with van der Waals surface area (Å²) in [6.07, 6.45) is 3.09. The molecule has 0 N–H and O–H groups in total. The highest BCUT2D eigenvalue weighted by Crippen LogP contribution is 2.41. The number of fused-ring (bicyclic) bond motifs is 8. The van der Waals surface area contributed by atoms with Crippen molar-refractivity contribution in [1.82, 2.24) is 4.57 Å². The average Bonchev–Trinajstić information content (AvgIpc) is 3.86. The van der Waals surface area contributed by atoms with Gasteiger partial charge in [0.2, 0.25) is 0 Å². The van der Waals surface area contributed by atoms with Gasteiger partial charge in [-0.25, -0.2) is 9.98 Å². The van der Waals surface area contributed by atoms with Crippen LogP contribution < -0.4 is 0 Å². The van der Waals surface area contributed by atoms with Crippen LogP contribution in [0.15, 0.2) is 215 Å². The zero-order valence-electron chi connectivity index (χ0n) is 33.6. The fourth-order valence-corrected chi connectivity index (χ4v) is 9.44. The van der Waals surface area contributed by atoms with Gasteiger partial charge in [-0.3, -0.25) is 0 Å². The number of allylic oxidation sites excluding steroid dienone is 1. The third kappa shape index (κ3) is 5.83. The Morgan fingerprint density at radius 2 is 1.15 bits per heavy atom. The minimum absolute atomic E-state index is 0.109. The molecule has 1 unspecified atom stereocenters. The van der Waals surface area contributed by atoms with Gasteiger partial charge in [0.1, 0.15) is 5.58 Å². The van der Waals surface area contributed by atoms with E-state index in [2.05, 4.69) is 206 Å². The highest BCUT2D eigenvalue weighted by Gasteiger charge is 2.25. The standard InChI is InChI=1S/C57H39N3O/c1-36-26-32-49(40-29-27-38(28-30-40)37-14-3-2-4-15-37)58-57(59-55(36)45-23-13-19-39-16-7-8-20-43(39)45)47-31-33-51(56-54(47)46-22-10-12-25-53(46)61-56)60-50-24-11-9-21-44(50)48-34-41-17-5-6-18-42(41)35-52(48)60/h2-25,27-36H,26H2,1H3/b49-32+,58-57-,59-55+. The summed E-state index contributed by atoms with van der Waals surface area (Å²) >= 11 is 0. The summed E-state index contributed by atoms with van der Waals surface area (Å²) in [5.41, 5.74) is 12.2. The van der Waals surface area contributed by atoms with Crippen LogP contribution in [0.4, 0.5) is 0 Å². The first-order valence-electron chi connectivity index (χ1n) is 21.0. The topological polar surface area (TPSA) is 42.8 Å². The number of aliphatic imine (C=N–C) groups is 2. The number of furan rings is 1. The summed E-state index contributed by atoms with van der Waals surface area (Å²) < 4.78 is 9.37. The molecule has 288 valence electrons. The van der Waals surface area contributed by atoms with Gasteiger partial charge in [-0.15, -0.1) is 0 Å². The molecule has 0 amide bonds. The van der Waals surface area contributed by atoms with E-state index in [9.17, 15) is 0 Å². The molecule has 2 aromatic heterocycles. The van der Waals surface area contributed by atoms with Gasteiger partial charge in [0.05, 0.1) is 28.1 Å². The fourth-order valence-electron chi connectivity index (χ4n) is 9.44. The van der Waals surface area contributed by atoms with Crippen molar-refractivity contribution in [3.05, 3.63) is 217 Å². The lowest BCUT2D eigenvalue weighted by molar-refractivity contribution is 0.666. The smallest absolute Gasteiger partial charge is 0.160 e. The van der Waals surface area contributed by atoms with Gasteiger partial charge < -0.3 is 8.98 Å². The van der Waals surface area contributed by atoms with Gasteiger partial charge >= 0.3 is 0 Å².